The average Bonchev–Trinajstić information content (AvgIpc) is 2.71. The van der Waals surface area contributed by atoms with Gasteiger partial charge in [0.15, 0.2) is 0 Å². The van der Waals surface area contributed by atoms with Gasteiger partial charge >= 0.3 is 0 Å². The van der Waals surface area contributed by atoms with E-state index in [1.165, 1.54) is 74.1 Å². The highest BCUT2D eigenvalue weighted by atomic mass is 32.2. The van der Waals surface area contributed by atoms with Crippen molar-refractivity contribution >= 4 is 11.8 Å². The minimum Gasteiger partial charge on any atom is -0.292 e. The number of hydrogen-bond donors (Lipinski definition) is 0. The summed E-state index contributed by atoms with van der Waals surface area (Å²) in [6.07, 6.45) is 12.8. The topological polar surface area (TPSA) is 16.1 Å². The van der Waals surface area contributed by atoms with Gasteiger partial charge < -0.3 is 0 Å². The molecule has 4 rings (SSSR count). The number of nitrogens with zero attached hydrogens (tertiary/aromatic N) is 2. The van der Waals surface area contributed by atoms with Crippen LogP contribution in [-0.2, 0) is 6.54 Å². The van der Waals surface area contributed by atoms with Gasteiger partial charge in [0.05, 0.1) is 0 Å². The Bertz CT molecular complexity index is 682. The Labute approximate surface area is 162 Å². The summed E-state index contributed by atoms with van der Waals surface area (Å²) in [5.74, 6) is 0. The molecule has 2 nitrogen and oxygen atoms in total. The van der Waals surface area contributed by atoms with Crippen LogP contribution in [0.4, 0.5) is 0 Å². The van der Waals surface area contributed by atoms with E-state index in [-0.39, 0.29) is 0 Å². The molecule has 0 bridgehead atoms. The lowest BCUT2D eigenvalue weighted by molar-refractivity contribution is 0.138. The molecule has 2 heterocycles. The zero-order chi connectivity index (χ0) is 17.6. The molecule has 2 fully saturated rings. The van der Waals surface area contributed by atoms with Gasteiger partial charge in [-0.1, -0.05) is 62.1 Å². The molecule has 1 aromatic carbocycles. The van der Waals surface area contributed by atoms with Crippen molar-refractivity contribution in [2.24, 2.45) is 0 Å². The quantitative estimate of drug-likeness (QED) is 0.623. The Hall–Kier alpha value is -1.32. The number of likely N-dealkylation sites (tertiary alicyclic amines) is 1. The minimum absolute atomic E-state index is 0.517. The summed E-state index contributed by atoms with van der Waals surface area (Å²) in [6.45, 7) is 2.25. The van der Waals surface area contributed by atoms with Crippen LogP contribution in [0.15, 0.2) is 53.7 Å². The van der Waals surface area contributed by atoms with Gasteiger partial charge in [-0.3, -0.25) is 4.90 Å². The first-order valence-corrected chi connectivity index (χ1v) is 11.2. The van der Waals surface area contributed by atoms with E-state index in [4.69, 9.17) is 4.98 Å². The van der Waals surface area contributed by atoms with Gasteiger partial charge in [0.2, 0.25) is 0 Å². The number of rotatable bonds is 5. The van der Waals surface area contributed by atoms with Crippen LogP contribution in [0.1, 0.15) is 68.5 Å². The second-order valence-electron chi connectivity index (χ2n) is 7.74. The molecule has 1 saturated carbocycles. The molecule has 0 N–H and O–H groups in total. The van der Waals surface area contributed by atoms with E-state index < -0.39 is 0 Å². The number of hydrogen-bond acceptors (Lipinski definition) is 3. The predicted molar refractivity (Wildman–Crippen MR) is 110 cm³/mol. The molecule has 138 valence electrons. The van der Waals surface area contributed by atoms with Gasteiger partial charge in [0.1, 0.15) is 5.03 Å². The molecule has 3 heteroatoms. The third-order valence-electron chi connectivity index (χ3n) is 5.83. The fourth-order valence-corrected chi connectivity index (χ4v) is 5.79. The SMILES string of the molecule is c1ccc(CN2CCCCC2c2cccnc2SC2CCCCC2)cc1. The monoisotopic (exact) mass is 366 g/mol. The average molecular weight is 367 g/mol. The number of thioether (sulfide) groups is 1. The van der Waals surface area contributed by atoms with Crippen LogP contribution in [0.5, 0.6) is 0 Å². The molecule has 0 radical (unpaired) electrons. The van der Waals surface area contributed by atoms with Crippen molar-refractivity contribution in [1.29, 1.82) is 0 Å². The molecule has 2 aliphatic rings. The summed E-state index contributed by atoms with van der Waals surface area (Å²) < 4.78 is 0. The van der Waals surface area contributed by atoms with Crippen molar-refractivity contribution < 1.29 is 0 Å². The molecule has 0 spiro atoms. The fourth-order valence-electron chi connectivity index (χ4n) is 4.45. The lowest BCUT2D eigenvalue weighted by atomic mass is 9.95. The Kier molecular flexibility index (Phi) is 6.29. The molecular weight excluding hydrogens is 336 g/mol. The first-order chi connectivity index (χ1) is 12.9. The van der Waals surface area contributed by atoms with Crippen molar-refractivity contribution in [3.05, 3.63) is 59.8 Å². The Morgan fingerprint density at radius 1 is 0.885 bits per heavy atom. The van der Waals surface area contributed by atoms with Gasteiger partial charge in [-0.05, 0) is 43.9 Å². The highest BCUT2D eigenvalue weighted by Crippen LogP contribution is 2.40. The standard InChI is InChI=1S/C23H30N2S/c1-3-10-19(11-4-1)18-25-17-8-7-15-22(25)21-14-9-16-24-23(21)26-20-12-5-2-6-13-20/h1,3-4,9-11,14,16,20,22H,2,5-8,12-13,15,17-18H2. The maximum absolute atomic E-state index is 4.83. The Morgan fingerprint density at radius 3 is 2.54 bits per heavy atom. The third kappa shape index (κ3) is 4.50. The van der Waals surface area contributed by atoms with Crippen LogP contribution in [-0.4, -0.2) is 21.7 Å². The fraction of sp³-hybridized carbons (Fsp3) is 0.522. The third-order valence-corrected chi connectivity index (χ3v) is 7.20. The number of piperidine rings is 1. The van der Waals surface area contributed by atoms with Gasteiger partial charge in [-0.25, -0.2) is 4.98 Å². The van der Waals surface area contributed by atoms with E-state index >= 15 is 0 Å². The molecule has 1 saturated heterocycles. The van der Waals surface area contributed by atoms with Gasteiger partial charge in [0.25, 0.3) is 0 Å². The van der Waals surface area contributed by atoms with Crippen molar-refractivity contribution in [1.82, 2.24) is 9.88 Å². The van der Waals surface area contributed by atoms with Crippen LogP contribution in [0.3, 0.4) is 0 Å². The van der Waals surface area contributed by atoms with Crippen molar-refractivity contribution in [3.8, 4) is 0 Å². The maximum atomic E-state index is 4.83. The van der Waals surface area contributed by atoms with Gasteiger partial charge in [0, 0.05) is 29.6 Å². The zero-order valence-electron chi connectivity index (χ0n) is 15.6. The van der Waals surface area contributed by atoms with Crippen molar-refractivity contribution in [2.45, 2.75) is 74.2 Å². The Morgan fingerprint density at radius 2 is 1.69 bits per heavy atom. The van der Waals surface area contributed by atoms with Crippen LogP contribution in [0, 0.1) is 0 Å². The van der Waals surface area contributed by atoms with E-state index in [0.717, 1.165) is 11.8 Å². The first kappa shape index (κ1) is 18.1. The van der Waals surface area contributed by atoms with Crippen LogP contribution in [0.25, 0.3) is 0 Å². The van der Waals surface area contributed by atoms with Crippen LogP contribution in [0.2, 0.25) is 0 Å². The lowest BCUT2D eigenvalue weighted by Gasteiger charge is -2.37. The smallest absolute Gasteiger partial charge is 0.101 e. The van der Waals surface area contributed by atoms with E-state index in [1.807, 2.05) is 6.20 Å². The molecule has 1 aliphatic heterocycles. The normalized spacial score (nSPS) is 22.4. The summed E-state index contributed by atoms with van der Waals surface area (Å²) in [7, 11) is 0. The zero-order valence-corrected chi connectivity index (χ0v) is 16.5. The van der Waals surface area contributed by atoms with E-state index in [0.29, 0.717) is 6.04 Å². The number of aromatic nitrogens is 1. The van der Waals surface area contributed by atoms with Gasteiger partial charge in [-0.2, -0.15) is 0 Å². The molecule has 2 aromatic rings. The highest BCUT2D eigenvalue weighted by Gasteiger charge is 2.27. The summed E-state index contributed by atoms with van der Waals surface area (Å²) in [5.41, 5.74) is 2.89. The van der Waals surface area contributed by atoms with Gasteiger partial charge in [-0.15, -0.1) is 11.8 Å². The second kappa shape index (κ2) is 9.05. The first-order valence-electron chi connectivity index (χ1n) is 10.3. The van der Waals surface area contributed by atoms with Crippen LogP contribution < -0.4 is 0 Å². The Balaban J connectivity index is 1.54. The molecular formula is C23H30N2S. The molecule has 0 amide bonds. The summed E-state index contributed by atoms with van der Waals surface area (Å²) >= 11 is 2.06. The summed E-state index contributed by atoms with van der Waals surface area (Å²) in [5, 5.41) is 2.06. The number of pyridine rings is 1. The molecule has 1 unspecified atom stereocenters. The predicted octanol–water partition coefficient (Wildman–Crippen LogP) is 6.23. The molecule has 1 aromatic heterocycles. The lowest BCUT2D eigenvalue weighted by Crippen LogP contribution is -2.33. The van der Waals surface area contributed by atoms with Crippen molar-refractivity contribution in [2.75, 3.05) is 6.54 Å². The van der Waals surface area contributed by atoms with E-state index in [2.05, 4.69) is 59.1 Å². The summed E-state index contributed by atoms with van der Waals surface area (Å²) in [6, 6.07) is 15.9. The molecule has 26 heavy (non-hydrogen) atoms. The number of benzene rings is 1. The summed E-state index contributed by atoms with van der Waals surface area (Å²) in [4.78, 5) is 7.51. The molecule has 1 aliphatic carbocycles. The van der Waals surface area contributed by atoms with E-state index in [9.17, 15) is 0 Å². The van der Waals surface area contributed by atoms with Crippen molar-refractivity contribution in [3.63, 3.8) is 0 Å². The minimum atomic E-state index is 0.517. The van der Waals surface area contributed by atoms with Crippen LogP contribution >= 0.6 is 11.8 Å². The largest absolute Gasteiger partial charge is 0.292 e. The molecule has 1 atom stereocenters. The maximum Gasteiger partial charge on any atom is 0.101 e. The van der Waals surface area contributed by atoms with E-state index in [1.54, 1.807) is 0 Å². The second-order valence-corrected chi connectivity index (χ2v) is 9.03. The highest BCUT2D eigenvalue weighted by molar-refractivity contribution is 7.99.